The van der Waals surface area contributed by atoms with Gasteiger partial charge in [-0.25, -0.2) is 0 Å². The Morgan fingerprint density at radius 3 is 2.50 bits per heavy atom. The lowest BCUT2D eigenvalue weighted by Crippen LogP contribution is -2.15. The zero-order chi connectivity index (χ0) is 21.3. The number of carbonyl (C=O) groups is 2. The van der Waals surface area contributed by atoms with E-state index in [1.165, 1.54) is 0 Å². The molecule has 8 heteroatoms. The van der Waals surface area contributed by atoms with E-state index >= 15 is 0 Å². The van der Waals surface area contributed by atoms with Crippen LogP contribution in [0.15, 0.2) is 67.0 Å². The molecule has 154 valence electrons. The third kappa shape index (κ3) is 6.47. The SMILES string of the molecule is O=C(CCCOc1ccc(Cl)cc1Cl)Nc1cccc(C(=O)Nc2ccncc2)c1. The molecule has 0 saturated heterocycles. The van der Waals surface area contributed by atoms with Gasteiger partial charge < -0.3 is 15.4 Å². The molecule has 0 spiro atoms. The van der Waals surface area contributed by atoms with E-state index in [-0.39, 0.29) is 18.2 Å². The van der Waals surface area contributed by atoms with Crippen molar-refractivity contribution in [2.75, 3.05) is 17.2 Å². The summed E-state index contributed by atoms with van der Waals surface area (Å²) in [6, 6.07) is 15.1. The Balaban J connectivity index is 1.47. The number of hydrogen-bond donors (Lipinski definition) is 2. The zero-order valence-corrected chi connectivity index (χ0v) is 17.4. The molecule has 2 N–H and O–H groups in total. The van der Waals surface area contributed by atoms with Crippen molar-refractivity contribution in [2.45, 2.75) is 12.8 Å². The van der Waals surface area contributed by atoms with Crippen LogP contribution in [0, 0.1) is 0 Å². The van der Waals surface area contributed by atoms with Crippen molar-refractivity contribution in [3.63, 3.8) is 0 Å². The molecule has 3 aromatic rings. The van der Waals surface area contributed by atoms with Gasteiger partial charge in [-0.05, 0) is 55.0 Å². The van der Waals surface area contributed by atoms with E-state index in [4.69, 9.17) is 27.9 Å². The molecule has 30 heavy (non-hydrogen) atoms. The third-order valence-electron chi connectivity index (χ3n) is 4.05. The number of ether oxygens (including phenoxy) is 1. The summed E-state index contributed by atoms with van der Waals surface area (Å²) < 4.78 is 5.57. The number of rotatable bonds is 8. The number of amides is 2. The van der Waals surface area contributed by atoms with Crippen molar-refractivity contribution >= 4 is 46.4 Å². The summed E-state index contributed by atoms with van der Waals surface area (Å²) in [5, 5.41) is 6.52. The number of carbonyl (C=O) groups excluding carboxylic acids is 2. The number of anilines is 2. The van der Waals surface area contributed by atoms with Crippen LogP contribution in [0.2, 0.25) is 10.0 Å². The molecular formula is C22H19Cl2N3O3. The molecule has 0 aliphatic carbocycles. The van der Waals surface area contributed by atoms with Crippen molar-refractivity contribution in [2.24, 2.45) is 0 Å². The van der Waals surface area contributed by atoms with Crippen LogP contribution in [-0.4, -0.2) is 23.4 Å². The molecule has 1 aromatic heterocycles. The number of benzene rings is 2. The first-order chi connectivity index (χ1) is 14.5. The van der Waals surface area contributed by atoms with Gasteiger partial charge >= 0.3 is 0 Å². The average molecular weight is 444 g/mol. The van der Waals surface area contributed by atoms with E-state index < -0.39 is 0 Å². The van der Waals surface area contributed by atoms with Crippen LogP contribution in [0.1, 0.15) is 23.2 Å². The number of halogens is 2. The van der Waals surface area contributed by atoms with Crippen LogP contribution < -0.4 is 15.4 Å². The fourth-order valence-corrected chi connectivity index (χ4v) is 3.07. The maximum Gasteiger partial charge on any atom is 0.255 e. The fourth-order valence-electron chi connectivity index (χ4n) is 2.61. The normalized spacial score (nSPS) is 10.3. The largest absolute Gasteiger partial charge is 0.492 e. The molecule has 0 radical (unpaired) electrons. The van der Waals surface area contributed by atoms with Crippen LogP contribution in [0.25, 0.3) is 0 Å². The lowest BCUT2D eigenvalue weighted by Gasteiger charge is -2.10. The summed E-state index contributed by atoms with van der Waals surface area (Å²) in [6.45, 7) is 0.336. The van der Waals surface area contributed by atoms with Gasteiger partial charge in [-0.3, -0.25) is 14.6 Å². The van der Waals surface area contributed by atoms with Crippen LogP contribution >= 0.6 is 23.2 Å². The van der Waals surface area contributed by atoms with Crippen LogP contribution in [0.5, 0.6) is 5.75 Å². The summed E-state index contributed by atoms with van der Waals surface area (Å²) in [5.74, 6) is 0.0763. The van der Waals surface area contributed by atoms with E-state index in [2.05, 4.69) is 15.6 Å². The van der Waals surface area contributed by atoms with Crippen molar-refractivity contribution in [1.29, 1.82) is 0 Å². The quantitative estimate of drug-likeness (QED) is 0.454. The molecule has 2 amide bonds. The Labute approximate surface area is 184 Å². The highest BCUT2D eigenvalue weighted by atomic mass is 35.5. The zero-order valence-electron chi connectivity index (χ0n) is 15.9. The Hall–Kier alpha value is -3.09. The summed E-state index contributed by atoms with van der Waals surface area (Å²) >= 11 is 11.9. The lowest BCUT2D eigenvalue weighted by atomic mass is 10.1. The van der Waals surface area contributed by atoms with Gasteiger partial charge in [-0.1, -0.05) is 29.3 Å². The Morgan fingerprint density at radius 1 is 0.933 bits per heavy atom. The monoisotopic (exact) mass is 443 g/mol. The second kappa shape index (κ2) is 10.6. The Bertz CT molecular complexity index is 1030. The molecule has 0 atom stereocenters. The van der Waals surface area contributed by atoms with Gasteiger partial charge in [0.1, 0.15) is 5.75 Å². The highest BCUT2D eigenvalue weighted by Crippen LogP contribution is 2.27. The number of nitrogens with one attached hydrogen (secondary N) is 2. The first-order valence-corrected chi connectivity index (χ1v) is 9.96. The van der Waals surface area contributed by atoms with Gasteiger partial charge in [0.25, 0.3) is 5.91 Å². The Kier molecular flexibility index (Phi) is 7.65. The number of aromatic nitrogens is 1. The van der Waals surface area contributed by atoms with E-state index in [0.29, 0.717) is 45.8 Å². The Morgan fingerprint density at radius 2 is 1.73 bits per heavy atom. The number of hydrogen-bond acceptors (Lipinski definition) is 4. The molecular weight excluding hydrogens is 425 g/mol. The first-order valence-electron chi connectivity index (χ1n) is 9.20. The summed E-state index contributed by atoms with van der Waals surface area (Å²) in [4.78, 5) is 28.5. The summed E-state index contributed by atoms with van der Waals surface area (Å²) in [7, 11) is 0. The summed E-state index contributed by atoms with van der Waals surface area (Å²) in [5.41, 5.74) is 1.62. The smallest absolute Gasteiger partial charge is 0.255 e. The molecule has 3 rings (SSSR count). The number of pyridine rings is 1. The van der Waals surface area contributed by atoms with E-state index in [1.54, 1.807) is 67.0 Å². The maximum atomic E-state index is 12.4. The molecule has 2 aromatic carbocycles. The lowest BCUT2D eigenvalue weighted by molar-refractivity contribution is -0.116. The maximum absolute atomic E-state index is 12.4. The molecule has 0 bridgehead atoms. The van der Waals surface area contributed by atoms with Crippen LogP contribution in [0.3, 0.4) is 0 Å². The second-order valence-electron chi connectivity index (χ2n) is 6.35. The van der Waals surface area contributed by atoms with Crippen molar-refractivity contribution < 1.29 is 14.3 Å². The fraction of sp³-hybridized carbons (Fsp3) is 0.136. The second-order valence-corrected chi connectivity index (χ2v) is 7.19. The molecule has 0 aliphatic rings. The molecule has 6 nitrogen and oxygen atoms in total. The van der Waals surface area contributed by atoms with Crippen molar-refractivity contribution in [3.05, 3.63) is 82.6 Å². The minimum Gasteiger partial charge on any atom is -0.492 e. The predicted octanol–water partition coefficient (Wildman–Crippen LogP) is 5.44. The van der Waals surface area contributed by atoms with Gasteiger partial charge in [-0.2, -0.15) is 0 Å². The van der Waals surface area contributed by atoms with Crippen molar-refractivity contribution in [1.82, 2.24) is 4.98 Å². The topological polar surface area (TPSA) is 80.3 Å². The van der Waals surface area contributed by atoms with Gasteiger partial charge in [0.2, 0.25) is 5.91 Å². The molecule has 0 fully saturated rings. The van der Waals surface area contributed by atoms with Gasteiger partial charge in [-0.15, -0.1) is 0 Å². The van der Waals surface area contributed by atoms with Gasteiger partial charge in [0.05, 0.1) is 11.6 Å². The average Bonchev–Trinajstić information content (AvgIpc) is 2.73. The third-order valence-corrected chi connectivity index (χ3v) is 4.58. The molecule has 1 heterocycles. The van der Waals surface area contributed by atoms with Crippen molar-refractivity contribution in [3.8, 4) is 5.75 Å². The van der Waals surface area contributed by atoms with Crippen LogP contribution in [-0.2, 0) is 4.79 Å². The molecule has 0 saturated carbocycles. The molecule has 0 aliphatic heterocycles. The summed E-state index contributed by atoms with van der Waals surface area (Å²) in [6.07, 6.45) is 3.96. The minimum absolute atomic E-state index is 0.174. The van der Waals surface area contributed by atoms with E-state index in [1.807, 2.05) is 0 Å². The minimum atomic E-state index is -0.273. The molecule has 0 unspecified atom stereocenters. The standard InChI is InChI=1S/C22H19Cl2N3O3/c23-16-6-7-20(19(24)14-16)30-12-2-5-21(28)26-18-4-1-3-15(13-18)22(29)27-17-8-10-25-11-9-17/h1,3-4,6-11,13-14H,2,5,12H2,(H,26,28)(H,25,27,29). The number of nitrogens with zero attached hydrogens (tertiary/aromatic N) is 1. The van der Waals surface area contributed by atoms with E-state index in [0.717, 1.165) is 0 Å². The van der Waals surface area contributed by atoms with Gasteiger partial charge in [0.15, 0.2) is 0 Å². The van der Waals surface area contributed by atoms with Gasteiger partial charge in [0, 0.05) is 40.8 Å². The van der Waals surface area contributed by atoms with Crippen LogP contribution in [0.4, 0.5) is 11.4 Å². The van der Waals surface area contributed by atoms with E-state index in [9.17, 15) is 9.59 Å². The first kappa shape index (κ1) is 21.6. The highest BCUT2D eigenvalue weighted by molar-refractivity contribution is 6.35. The predicted molar refractivity (Wildman–Crippen MR) is 118 cm³/mol. The highest BCUT2D eigenvalue weighted by Gasteiger charge is 2.09.